The van der Waals surface area contributed by atoms with Crippen LogP contribution in [0.25, 0.3) is 45.8 Å². The number of nitrogens with zero attached hydrogens (tertiary/aromatic N) is 11. The van der Waals surface area contributed by atoms with Crippen molar-refractivity contribution in [2.24, 2.45) is 0 Å². The van der Waals surface area contributed by atoms with Crippen molar-refractivity contribution in [1.82, 2.24) is 49.8 Å². The van der Waals surface area contributed by atoms with Gasteiger partial charge in [-0.05, 0) is 140 Å². The average molecular weight is 1540 g/mol. The second-order valence-electron chi connectivity index (χ2n) is 21.9. The maximum Gasteiger partial charge on any atom is 0.293 e. The van der Waals surface area contributed by atoms with Crippen LogP contribution in [0, 0.1) is 18.3 Å². The van der Waals surface area contributed by atoms with E-state index in [1.807, 2.05) is 12.1 Å². The molecule has 0 bridgehead atoms. The predicted octanol–water partition coefficient (Wildman–Crippen LogP) is 15.8. The van der Waals surface area contributed by atoms with Gasteiger partial charge in [-0.15, -0.1) is 11.3 Å². The summed E-state index contributed by atoms with van der Waals surface area (Å²) in [5.74, 6) is -0.275. The Kier molecular flexibility index (Phi) is 23.0. The third kappa shape index (κ3) is 17.9. The summed E-state index contributed by atoms with van der Waals surface area (Å²) >= 11 is 5.51. The molecule has 14 heterocycles. The minimum Gasteiger partial charge on any atom is -0.463 e. The van der Waals surface area contributed by atoms with Gasteiger partial charge in [0.25, 0.3) is 23.6 Å². The van der Waals surface area contributed by atoms with E-state index in [2.05, 4.69) is 71.1 Å². The summed E-state index contributed by atoms with van der Waals surface area (Å²) in [7, 11) is 0. The molecular formula is C76H47N15O13S5. The number of amides is 4. The number of aryl methyl sites for hydroxylation is 1. The van der Waals surface area contributed by atoms with Gasteiger partial charge in [0.15, 0.2) is 54.3 Å². The fourth-order valence-electron chi connectivity index (χ4n) is 9.57. The third-order valence-corrected chi connectivity index (χ3v) is 19.3. The van der Waals surface area contributed by atoms with Crippen LogP contribution in [0.3, 0.4) is 0 Å². The maximum atomic E-state index is 12.9. The Balaban J connectivity index is 0.000000128. The van der Waals surface area contributed by atoms with Crippen LogP contribution in [0.4, 0.5) is 20.5 Å². The van der Waals surface area contributed by atoms with Gasteiger partial charge in [0.2, 0.25) is 23.1 Å². The number of hydrogen-bond acceptors (Lipinski definition) is 29. The minimum atomic E-state index is -0.452. The summed E-state index contributed by atoms with van der Waals surface area (Å²) in [6, 6.07) is 49.0. The number of hydrogen-bond donors (Lipinski definition) is 4. The molecule has 16 aromatic rings. The Morgan fingerprint density at radius 1 is 0.358 bits per heavy atom. The number of furan rings is 5. The SMILES string of the molecule is Cc1ncc(C(=O)Nc2nc(-c3ccco3)c(C(=O)c3ccccn3)s2)cn1.N#Cc1ccc(C(=O)Nc2nc(-c3ccco3)c(C(=O)c3ccccn3)s2)cc1.O=C(Nc1nc(-c2ccco2)c(C(=O)c2ccccn2)s1)c1ccco1.O=C(Nc1nc(-c2ccco2)c(C(=O)c2nccs2)s1)c1ccccc1. The highest BCUT2D eigenvalue weighted by atomic mass is 32.1. The molecule has 0 atom stereocenters. The first-order valence-electron chi connectivity index (χ1n) is 31.8. The van der Waals surface area contributed by atoms with Crippen molar-refractivity contribution in [1.29, 1.82) is 5.26 Å². The lowest BCUT2D eigenvalue weighted by Crippen LogP contribution is -2.12. The first-order chi connectivity index (χ1) is 53.2. The second kappa shape index (κ2) is 34.4. The number of benzene rings is 2. The zero-order valence-electron chi connectivity index (χ0n) is 55.9. The minimum absolute atomic E-state index is 0.150. The quantitative estimate of drug-likeness (QED) is 0.0515. The second-order valence-corrected chi connectivity index (χ2v) is 26.8. The summed E-state index contributed by atoms with van der Waals surface area (Å²) < 4.78 is 26.6. The van der Waals surface area contributed by atoms with Gasteiger partial charge in [0.05, 0.1) is 48.5 Å². The molecule has 0 fully saturated rings. The number of carbonyl (C=O) groups is 8. The lowest BCUT2D eigenvalue weighted by Gasteiger charge is -2.01. The van der Waals surface area contributed by atoms with E-state index < -0.39 is 17.7 Å². The number of ketones is 4. The smallest absolute Gasteiger partial charge is 0.293 e. The molecule has 0 saturated carbocycles. The van der Waals surface area contributed by atoms with Crippen LogP contribution in [-0.2, 0) is 0 Å². The number of nitrogens with one attached hydrogen (secondary N) is 4. The molecule has 0 aliphatic carbocycles. The van der Waals surface area contributed by atoms with Gasteiger partial charge < -0.3 is 22.1 Å². The summed E-state index contributed by atoms with van der Waals surface area (Å²) in [6.45, 7) is 1.73. The van der Waals surface area contributed by atoms with E-state index in [0.29, 0.717) is 98.0 Å². The number of aromatic nitrogens is 10. The van der Waals surface area contributed by atoms with Crippen molar-refractivity contribution >= 4 is 124 Å². The fraction of sp³-hybridized carbons (Fsp3) is 0.0132. The molecule has 0 unspecified atom stereocenters. The zero-order valence-corrected chi connectivity index (χ0v) is 59.9. The number of rotatable bonds is 20. The first kappa shape index (κ1) is 72.9. The lowest BCUT2D eigenvalue weighted by molar-refractivity contribution is 0.0991. The first-order valence-corrected chi connectivity index (χ1v) is 36.0. The van der Waals surface area contributed by atoms with Crippen LogP contribution in [0.1, 0.15) is 114 Å². The molecule has 0 aliphatic heterocycles. The highest BCUT2D eigenvalue weighted by Crippen LogP contribution is 2.38. The number of thiazole rings is 5. The van der Waals surface area contributed by atoms with Crippen molar-refractivity contribution in [3.8, 4) is 51.9 Å². The topological polar surface area (TPSA) is 403 Å². The van der Waals surface area contributed by atoms with Crippen LogP contribution in [0.2, 0.25) is 0 Å². The molecular weight excluding hydrogens is 1490 g/mol. The molecule has 16 rings (SSSR count). The number of pyridine rings is 3. The summed E-state index contributed by atoms with van der Waals surface area (Å²) in [4.78, 5) is 144. The van der Waals surface area contributed by atoms with Crippen LogP contribution < -0.4 is 21.3 Å². The molecule has 0 radical (unpaired) electrons. The molecule has 109 heavy (non-hydrogen) atoms. The Morgan fingerprint density at radius 3 is 1.07 bits per heavy atom. The van der Waals surface area contributed by atoms with E-state index in [0.717, 1.165) is 45.3 Å². The molecule has 534 valence electrons. The Morgan fingerprint density at radius 2 is 0.725 bits per heavy atom. The van der Waals surface area contributed by atoms with Crippen LogP contribution in [0.5, 0.6) is 0 Å². The lowest BCUT2D eigenvalue weighted by atomic mass is 10.1. The molecule has 28 nitrogen and oxygen atoms in total. The highest BCUT2D eigenvalue weighted by Gasteiger charge is 2.29. The fourth-order valence-corrected chi connectivity index (χ4v) is 13.9. The molecule has 0 aliphatic rings. The summed E-state index contributed by atoms with van der Waals surface area (Å²) in [6.07, 6.45) is 16.4. The van der Waals surface area contributed by atoms with Gasteiger partial charge in [-0.1, -0.05) is 81.7 Å². The van der Waals surface area contributed by atoms with E-state index >= 15 is 0 Å². The number of nitriles is 1. The maximum absolute atomic E-state index is 12.9. The van der Waals surface area contributed by atoms with Crippen LogP contribution in [-0.4, -0.2) is 96.6 Å². The molecule has 4 amide bonds. The zero-order chi connectivity index (χ0) is 75.6. The molecule has 2 aromatic carbocycles. The predicted molar refractivity (Wildman–Crippen MR) is 403 cm³/mol. The van der Waals surface area contributed by atoms with Crippen molar-refractivity contribution in [3.05, 3.63) is 319 Å². The largest absolute Gasteiger partial charge is 0.463 e. The average Bonchev–Trinajstić information content (AvgIpc) is 1.68. The van der Waals surface area contributed by atoms with Gasteiger partial charge >= 0.3 is 0 Å². The van der Waals surface area contributed by atoms with Crippen molar-refractivity contribution in [2.45, 2.75) is 6.92 Å². The Bertz CT molecular complexity index is 5850. The van der Waals surface area contributed by atoms with Gasteiger partial charge in [0.1, 0.15) is 65.2 Å². The van der Waals surface area contributed by atoms with E-state index in [9.17, 15) is 38.4 Å². The van der Waals surface area contributed by atoms with E-state index in [4.69, 9.17) is 27.3 Å². The molecule has 14 aromatic heterocycles. The van der Waals surface area contributed by atoms with Crippen molar-refractivity contribution in [3.63, 3.8) is 0 Å². The normalized spacial score (nSPS) is 10.5. The number of carbonyl (C=O) groups excluding carboxylic acids is 8. The van der Waals surface area contributed by atoms with Gasteiger partial charge in [-0.3, -0.25) is 74.6 Å². The monoisotopic (exact) mass is 1540 g/mol. The van der Waals surface area contributed by atoms with E-state index in [1.165, 1.54) is 67.3 Å². The summed E-state index contributed by atoms with van der Waals surface area (Å²) in [5.41, 5.74) is 3.90. The molecule has 0 saturated heterocycles. The van der Waals surface area contributed by atoms with Crippen LogP contribution >= 0.6 is 56.7 Å². The highest BCUT2D eigenvalue weighted by molar-refractivity contribution is 7.20. The van der Waals surface area contributed by atoms with Crippen molar-refractivity contribution in [2.75, 3.05) is 21.3 Å². The molecule has 4 N–H and O–H groups in total. The van der Waals surface area contributed by atoms with Gasteiger partial charge in [-0.2, -0.15) is 5.26 Å². The van der Waals surface area contributed by atoms with E-state index in [-0.39, 0.29) is 72.8 Å². The van der Waals surface area contributed by atoms with Gasteiger partial charge in [-0.25, -0.2) is 34.9 Å². The third-order valence-electron chi connectivity index (χ3n) is 14.7. The molecule has 0 spiro atoms. The molecule has 33 heteroatoms. The standard InChI is InChI=1S/C21H12N4O3S.C19H13N5O3S.C18H11N3O4S.C18H11N3O3S2/c22-12-13-6-8-14(9-7-13)20(27)25-21-24-17(16-5-3-11-28-16)19(29-21)18(26)15-4-1-2-10-23-15;1-11-21-9-12(10-22-11)18(26)24-19-23-15(14-6-4-8-27-14)17(28-19)16(25)13-5-2-3-7-20-13;22-15(11-5-1-2-8-19-11)16-14(12-6-3-9-24-12)20-18(26-16)21-17(23)13-7-4-10-25-13;22-14(17-19-8-10-25-17)15-13(12-7-4-9-24-12)20-18(26-15)21-16(23)11-5-2-1-3-6-11/h1-11H,(H,24,25,27);2-10H,1H3,(H,23,24,26);2*1-10H,(H,20,21,23). The van der Waals surface area contributed by atoms with Crippen LogP contribution in [0.15, 0.2) is 266 Å². The van der Waals surface area contributed by atoms with Crippen molar-refractivity contribution < 1.29 is 60.4 Å². The van der Waals surface area contributed by atoms with Gasteiger partial charge in [0, 0.05) is 53.7 Å². The Labute approximate surface area is 634 Å². The Hall–Kier alpha value is -14.4. The summed E-state index contributed by atoms with van der Waals surface area (Å²) in [5, 5.41) is 22.8. The number of anilines is 4. The van der Waals surface area contributed by atoms with E-state index in [1.54, 1.807) is 189 Å².